The number of hydrogen-bond acceptors (Lipinski definition) is 2. The first-order chi connectivity index (χ1) is 9.92. The lowest BCUT2D eigenvalue weighted by atomic mass is 10.0. The highest BCUT2D eigenvalue weighted by molar-refractivity contribution is 6.36. The number of ether oxygens (including phenoxy) is 1. The van der Waals surface area contributed by atoms with E-state index in [-0.39, 0.29) is 5.56 Å². The molecule has 110 valence electrons. The Balaban J connectivity index is 2.56. The van der Waals surface area contributed by atoms with Crippen LogP contribution in [-0.2, 0) is 0 Å². The Hall–Kier alpha value is -1.42. The molecular formula is C15H11Cl3O3. The van der Waals surface area contributed by atoms with E-state index < -0.39 is 5.97 Å². The lowest BCUT2D eigenvalue weighted by Crippen LogP contribution is -1.97. The van der Waals surface area contributed by atoms with Crippen LogP contribution in [0.5, 0.6) is 5.75 Å². The average molecular weight is 346 g/mol. The van der Waals surface area contributed by atoms with Crippen LogP contribution >= 0.6 is 34.8 Å². The van der Waals surface area contributed by atoms with E-state index in [0.29, 0.717) is 38.6 Å². The second-order valence-corrected chi connectivity index (χ2v) is 5.48. The van der Waals surface area contributed by atoms with Gasteiger partial charge in [-0.15, -0.1) is 0 Å². The van der Waals surface area contributed by atoms with Gasteiger partial charge in [0.15, 0.2) is 0 Å². The molecule has 6 heteroatoms. The van der Waals surface area contributed by atoms with E-state index in [1.54, 1.807) is 18.2 Å². The molecule has 3 nitrogen and oxygen atoms in total. The van der Waals surface area contributed by atoms with Crippen LogP contribution in [0.15, 0.2) is 30.3 Å². The molecule has 0 unspecified atom stereocenters. The molecule has 0 atom stereocenters. The van der Waals surface area contributed by atoms with E-state index in [4.69, 9.17) is 44.6 Å². The van der Waals surface area contributed by atoms with Crippen molar-refractivity contribution in [3.63, 3.8) is 0 Å². The van der Waals surface area contributed by atoms with Crippen molar-refractivity contribution in [2.45, 2.75) is 6.92 Å². The topological polar surface area (TPSA) is 46.5 Å². The molecule has 21 heavy (non-hydrogen) atoms. The van der Waals surface area contributed by atoms with Gasteiger partial charge in [0, 0.05) is 16.7 Å². The monoisotopic (exact) mass is 344 g/mol. The molecule has 0 saturated carbocycles. The van der Waals surface area contributed by atoms with Crippen LogP contribution in [-0.4, -0.2) is 17.7 Å². The number of carboxylic acids is 1. The minimum absolute atomic E-state index is 0.0820. The van der Waals surface area contributed by atoms with Gasteiger partial charge in [-0.2, -0.15) is 0 Å². The van der Waals surface area contributed by atoms with Crippen molar-refractivity contribution in [2.24, 2.45) is 0 Å². The van der Waals surface area contributed by atoms with Crippen LogP contribution in [0.2, 0.25) is 15.1 Å². The Kier molecular flexibility index (Phi) is 4.99. The summed E-state index contributed by atoms with van der Waals surface area (Å²) < 4.78 is 5.36. The normalized spacial score (nSPS) is 10.5. The van der Waals surface area contributed by atoms with E-state index >= 15 is 0 Å². The minimum Gasteiger partial charge on any atom is -0.492 e. The van der Waals surface area contributed by atoms with Gasteiger partial charge in [-0.05, 0) is 36.8 Å². The van der Waals surface area contributed by atoms with Crippen molar-refractivity contribution in [2.75, 3.05) is 6.61 Å². The third kappa shape index (κ3) is 3.62. The highest BCUT2D eigenvalue weighted by Crippen LogP contribution is 2.38. The molecule has 0 radical (unpaired) electrons. The maximum atomic E-state index is 11.1. The van der Waals surface area contributed by atoms with Crippen LogP contribution in [0, 0.1) is 0 Å². The number of carbonyl (C=O) groups is 1. The van der Waals surface area contributed by atoms with E-state index in [0.717, 1.165) is 0 Å². The predicted octanol–water partition coefficient (Wildman–Crippen LogP) is 5.41. The summed E-state index contributed by atoms with van der Waals surface area (Å²) >= 11 is 18.3. The van der Waals surface area contributed by atoms with Gasteiger partial charge in [0.25, 0.3) is 0 Å². The molecule has 0 bridgehead atoms. The number of halogens is 3. The van der Waals surface area contributed by atoms with Gasteiger partial charge in [-0.25, -0.2) is 4.79 Å². The Labute approximate surface area is 137 Å². The molecule has 0 saturated heterocycles. The zero-order valence-electron chi connectivity index (χ0n) is 11.0. The van der Waals surface area contributed by atoms with Gasteiger partial charge in [0.2, 0.25) is 0 Å². The average Bonchev–Trinajstić information content (AvgIpc) is 2.42. The van der Waals surface area contributed by atoms with Gasteiger partial charge in [0.1, 0.15) is 5.75 Å². The standard InChI is InChI=1S/C15H11Cl3O3/c1-2-21-14-7-12(17)11(6-13(14)18)8-3-9(15(19)20)5-10(16)4-8/h3-7H,2H2,1H3,(H,19,20). The summed E-state index contributed by atoms with van der Waals surface area (Å²) in [6, 6.07) is 7.73. The van der Waals surface area contributed by atoms with Gasteiger partial charge >= 0.3 is 5.97 Å². The largest absolute Gasteiger partial charge is 0.492 e. The molecule has 0 aromatic heterocycles. The lowest BCUT2D eigenvalue weighted by molar-refractivity contribution is 0.0697. The molecule has 2 aromatic carbocycles. The second-order valence-electron chi connectivity index (χ2n) is 4.23. The van der Waals surface area contributed by atoms with Gasteiger partial charge in [-0.3, -0.25) is 0 Å². The Morgan fingerprint density at radius 3 is 2.43 bits per heavy atom. The van der Waals surface area contributed by atoms with Gasteiger partial charge in [0.05, 0.1) is 22.2 Å². The molecule has 0 aliphatic heterocycles. The van der Waals surface area contributed by atoms with E-state index in [1.807, 2.05) is 6.92 Å². The Morgan fingerprint density at radius 2 is 1.81 bits per heavy atom. The number of benzene rings is 2. The van der Waals surface area contributed by atoms with Gasteiger partial charge < -0.3 is 9.84 Å². The van der Waals surface area contributed by atoms with Crippen LogP contribution in [0.1, 0.15) is 17.3 Å². The summed E-state index contributed by atoms with van der Waals surface area (Å²) in [5.41, 5.74) is 1.25. The molecule has 0 amide bonds. The zero-order valence-corrected chi connectivity index (χ0v) is 13.3. The van der Waals surface area contributed by atoms with Crippen molar-refractivity contribution in [3.8, 4) is 16.9 Å². The molecule has 2 rings (SSSR count). The molecule has 0 heterocycles. The summed E-state index contributed by atoms with van der Waals surface area (Å²) in [4.78, 5) is 11.1. The lowest BCUT2D eigenvalue weighted by Gasteiger charge is -2.11. The summed E-state index contributed by atoms with van der Waals surface area (Å²) in [5.74, 6) is -0.583. The third-order valence-corrected chi connectivity index (χ3v) is 3.60. The highest BCUT2D eigenvalue weighted by atomic mass is 35.5. The van der Waals surface area contributed by atoms with Crippen molar-refractivity contribution in [1.29, 1.82) is 0 Å². The van der Waals surface area contributed by atoms with Crippen LogP contribution in [0.3, 0.4) is 0 Å². The molecule has 0 fully saturated rings. The number of aromatic carboxylic acids is 1. The van der Waals surface area contributed by atoms with Crippen LogP contribution in [0.4, 0.5) is 0 Å². The SMILES string of the molecule is CCOc1cc(Cl)c(-c2cc(Cl)cc(C(=O)O)c2)cc1Cl. The Bertz CT molecular complexity index is 699. The first-order valence-electron chi connectivity index (χ1n) is 6.08. The summed E-state index contributed by atoms with van der Waals surface area (Å²) in [6.07, 6.45) is 0. The van der Waals surface area contributed by atoms with Crippen molar-refractivity contribution >= 4 is 40.8 Å². The molecule has 2 aromatic rings. The summed E-state index contributed by atoms with van der Waals surface area (Å²) in [7, 11) is 0. The van der Waals surface area contributed by atoms with E-state index in [9.17, 15) is 4.79 Å². The third-order valence-electron chi connectivity index (χ3n) is 2.78. The fourth-order valence-corrected chi connectivity index (χ4v) is 2.60. The minimum atomic E-state index is -1.06. The highest BCUT2D eigenvalue weighted by Gasteiger charge is 2.13. The van der Waals surface area contributed by atoms with Crippen molar-refractivity contribution in [1.82, 2.24) is 0 Å². The predicted molar refractivity (Wildman–Crippen MR) is 85.0 cm³/mol. The fraction of sp³-hybridized carbons (Fsp3) is 0.133. The first kappa shape index (κ1) is 16.0. The van der Waals surface area contributed by atoms with E-state index in [1.165, 1.54) is 12.1 Å². The van der Waals surface area contributed by atoms with Crippen molar-refractivity contribution in [3.05, 3.63) is 51.0 Å². The van der Waals surface area contributed by atoms with Crippen LogP contribution < -0.4 is 4.74 Å². The maximum absolute atomic E-state index is 11.1. The van der Waals surface area contributed by atoms with E-state index in [2.05, 4.69) is 0 Å². The fourth-order valence-electron chi connectivity index (χ4n) is 1.88. The van der Waals surface area contributed by atoms with Crippen molar-refractivity contribution < 1.29 is 14.6 Å². The maximum Gasteiger partial charge on any atom is 0.335 e. The summed E-state index contributed by atoms with van der Waals surface area (Å²) in [5, 5.41) is 10.2. The smallest absolute Gasteiger partial charge is 0.335 e. The van der Waals surface area contributed by atoms with Gasteiger partial charge in [-0.1, -0.05) is 34.8 Å². The molecule has 0 spiro atoms. The molecule has 0 aliphatic rings. The number of carboxylic acid groups (broad SMARTS) is 1. The number of rotatable bonds is 4. The second kappa shape index (κ2) is 6.56. The molecule has 0 aliphatic carbocycles. The Morgan fingerprint density at radius 1 is 1.10 bits per heavy atom. The van der Waals surface area contributed by atoms with Crippen LogP contribution in [0.25, 0.3) is 11.1 Å². The first-order valence-corrected chi connectivity index (χ1v) is 7.22. The molecular weight excluding hydrogens is 335 g/mol. The zero-order chi connectivity index (χ0) is 15.6. The quantitative estimate of drug-likeness (QED) is 0.805. The molecule has 1 N–H and O–H groups in total. The number of hydrogen-bond donors (Lipinski definition) is 1. The summed E-state index contributed by atoms with van der Waals surface area (Å²) in [6.45, 7) is 2.31.